The average Bonchev–Trinajstić information content (AvgIpc) is 2.97. The minimum absolute atomic E-state index is 0.0237. The number of ether oxygens (including phenoxy) is 1. The Kier molecular flexibility index (Phi) is 2.55. The van der Waals surface area contributed by atoms with Gasteiger partial charge in [-0.15, -0.1) is 0 Å². The first kappa shape index (κ1) is 16.8. The summed E-state index contributed by atoms with van der Waals surface area (Å²) in [5.74, 6) is -0.379. The average molecular weight is 387 g/mol. The van der Waals surface area contributed by atoms with Crippen LogP contribution in [0.3, 0.4) is 0 Å². The van der Waals surface area contributed by atoms with Crippen LogP contribution < -0.4 is 0 Å². The molecule has 9 bridgehead atoms. The summed E-state index contributed by atoms with van der Waals surface area (Å²) >= 11 is 0. The number of carbonyl (C=O) groups is 1. The highest BCUT2D eigenvalue weighted by Crippen LogP contribution is 2.88. The highest BCUT2D eigenvalue weighted by molar-refractivity contribution is 5.66. The maximum absolute atomic E-state index is 12.2. The number of esters is 1. The molecule has 0 aromatic heterocycles. The van der Waals surface area contributed by atoms with Crippen LogP contribution in [0.5, 0.6) is 0 Å². The van der Waals surface area contributed by atoms with E-state index in [0.29, 0.717) is 24.8 Å². The van der Waals surface area contributed by atoms with Crippen LogP contribution in [0.15, 0.2) is 12.2 Å². The largest absolute Gasteiger partial charge is 0.463 e. The summed E-state index contributed by atoms with van der Waals surface area (Å²) in [5, 5.41) is 35.1. The van der Waals surface area contributed by atoms with E-state index >= 15 is 0 Å². The molecule has 28 heavy (non-hydrogen) atoms. The van der Waals surface area contributed by atoms with Gasteiger partial charge in [-0.05, 0) is 37.0 Å². The predicted octanol–water partition coefficient (Wildman–Crippen LogP) is 0.450. The van der Waals surface area contributed by atoms with Gasteiger partial charge in [-0.1, -0.05) is 19.1 Å². The Bertz CT molecular complexity index is 860. The van der Waals surface area contributed by atoms with Crippen molar-refractivity contribution in [3.63, 3.8) is 0 Å². The Morgan fingerprint density at radius 3 is 2.71 bits per heavy atom. The van der Waals surface area contributed by atoms with Gasteiger partial charge in [0.15, 0.2) is 0 Å². The third-order valence-corrected chi connectivity index (χ3v) is 10.6. The van der Waals surface area contributed by atoms with Gasteiger partial charge in [0.05, 0.1) is 12.2 Å². The van der Waals surface area contributed by atoms with Crippen LogP contribution in [-0.4, -0.2) is 68.7 Å². The number of hydrogen-bond acceptors (Lipinski definition) is 6. The second-order valence-electron chi connectivity index (χ2n) is 11.5. The number of aliphatic hydroxyl groups is 3. The topological polar surface area (TPSA) is 90.2 Å². The first-order chi connectivity index (χ1) is 13.1. The molecule has 0 amide bonds. The van der Waals surface area contributed by atoms with Crippen molar-refractivity contribution in [1.29, 1.82) is 0 Å². The van der Waals surface area contributed by atoms with Gasteiger partial charge in [0.1, 0.15) is 11.7 Å². The molecule has 9 aliphatic rings. The number of piperidine rings is 2. The van der Waals surface area contributed by atoms with Gasteiger partial charge in [0.25, 0.3) is 0 Å². The van der Waals surface area contributed by atoms with Crippen LogP contribution in [0.1, 0.15) is 39.5 Å². The Morgan fingerprint density at radius 1 is 1.25 bits per heavy atom. The molecule has 3 saturated heterocycles. The first-order valence-corrected chi connectivity index (χ1v) is 10.8. The standard InChI is InChI=1S/C22H29NO5/c1-9-4-20-7-12-15-19(3)5-11(28-10(2)24)6-21(15)16(20)14(25)13(9)17(26)22(20,27)18(21)23(12)8-19/h11-18,25-27H,1,4-8H2,2-3H3/t11-,12-,13-,14-,15-,16-,17-,18-,19+,20+,21-,22+/m0/s1. The van der Waals surface area contributed by atoms with Crippen molar-refractivity contribution in [2.24, 2.45) is 34.0 Å². The van der Waals surface area contributed by atoms with E-state index in [1.165, 1.54) is 6.92 Å². The molecule has 13 atom stereocenters. The highest BCUT2D eigenvalue weighted by Gasteiger charge is 2.94. The third-order valence-electron chi connectivity index (χ3n) is 10.6. The number of rotatable bonds is 1. The van der Waals surface area contributed by atoms with Crippen LogP contribution in [0.2, 0.25) is 0 Å². The second kappa shape index (κ2) is 4.25. The Balaban J connectivity index is 1.49. The molecule has 0 aromatic rings. The van der Waals surface area contributed by atoms with Crippen molar-refractivity contribution in [2.45, 2.75) is 75.5 Å². The molecule has 2 spiro atoms. The summed E-state index contributed by atoms with van der Waals surface area (Å²) in [7, 11) is 0. The van der Waals surface area contributed by atoms with Crippen molar-refractivity contribution in [1.82, 2.24) is 4.90 Å². The van der Waals surface area contributed by atoms with E-state index in [2.05, 4.69) is 18.4 Å². The van der Waals surface area contributed by atoms with Crippen LogP contribution in [0, 0.1) is 34.0 Å². The van der Waals surface area contributed by atoms with Gasteiger partial charge in [-0.25, -0.2) is 0 Å². The normalized spacial score (nSPS) is 69.3. The summed E-state index contributed by atoms with van der Waals surface area (Å²) < 4.78 is 5.75. The summed E-state index contributed by atoms with van der Waals surface area (Å²) in [6.45, 7) is 8.85. The highest BCUT2D eigenvalue weighted by atomic mass is 16.5. The van der Waals surface area contributed by atoms with Crippen LogP contribution in [-0.2, 0) is 9.53 Å². The quantitative estimate of drug-likeness (QED) is 0.447. The van der Waals surface area contributed by atoms with E-state index in [1.807, 2.05) is 0 Å². The van der Waals surface area contributed by atoms with E-state index < -0.39 is 29.1 Å². The second-order valence-corrected chi connectivity index (χ2v) is 11.5. The summed E-state index contributed by atoms with van der Waals surface area (Å²) in [5.41, 5.74) is -1.07. The zero-order valence-electron chi connectivity index (χ0n) is 16.5. The lowest BCUT2D eigenvalue weighted by atomic mass is 9.39. The molecule has 152 valence electrons. The summed E-state index contributed by atoms with van der Waals surface area (Å²) in [4.78, 5) is 14.3. The first-order valence-electron chi connectivity index (χ1n) is 10.8. The molecular weight excluding hydrogens is 358 g/mol. The van der Waals surface area contributed by atoms with Crippen molar-refractivity contribution in [3.8, 4) is 0 Å². The molecule has 3 aliphatic heterocycles. The lowest BCUT2D eigenvalue weighted by Gasteiger charge is -2.67. The van der Waals surface area contributed by atoms with E-state index in [0.717, 1.165) is 25.0 Å². The van der Waals surface area contributed by atoms with Crippen molar-refractivity contribution in [3.05, 3.63) is 12.2 Å². The molecule has 0 aromatic carbocycles. The van der Waals surface area contributed by atoms with Crippen molar-refractivity contribution in [2.75, 3.05) is 6.54 Å². The van der Waals surface area contributed by atoms with E-state index in [-0.39, 0.29) is 34.9 Å². The van der Waals surface area contributed by atoms with E-state index in [9.17, 15) is 20.1 Å². The van der Waals surface area contributed by atoms with Crippen LogP contribution >= 0.6 is 0 Å². The number of carbonyl (C=O) groups excluding carboxylic acids is 1. The SMILES string of the molecule is C=C1C[C@@]23C[C@H]4[C@H]5[C@]6(C)C[C@H](OC(C)=O)C[C@@]57[C@H]2[C@@H](O)[C@H]1[C@H](O)[C@@]3(O)[C@H]7N4C6. The molecule has 3 heterocycles. The zero-order chi connectivity index (χ0) is 19.6. The molecule has 6 heteroatoms. The van der Waals surface area contributed by atoms with Crippen LogP contribution in [0.25, 0.3) is 0 Å². The molecule has 6 nitrogen and oxygen atoms in total. The minimum atomic E-state index is -1.20. The fourth-order valence-electron chi connectivity index (χ4n) is 11.0. The lowest BCUT2D eigenvalue weighted by molar-refractivity contribution is -0.280. The molecule has 0 radical (unpaired) electrons. The monoisotopic (exact) mass is 387 g/mol. The smallest absolute Gasteiger partial charge is 0.302 e. The van der Waals surface area contributed by atoms with Gasteiger partial charge >= 0.3 is 5.97 Å². The molecular formula is C22H29NO5. The summed E-state index contributed by atoms with van der Waals surface area (Å²) in [6.07, 6.45) is 1.27. The van der Waals surface area contributed by atoms with E-state index in [1.54, 1.807) is 0 Å². The minimum Gasteiger partial charge on any atom is -0.463 e. The predicted molar refractivity (Wildman–Crippen MR) is 97.9 cm³/mol. The Labute approximate surface area is 164 Å². The maximum atomic E-state index is 12.2. The summed E-state index contributed by atoms with van der Waals surface area (Å²) in [6, 6.07) is 0.245. The molecule has 1 unspecified atom stereocenters. The third kappa shape index (κ3) is 1.26. The zero-order valence-corrected chi connectivity index (χ0v) is 16.5. The lowest BCUT2D eigenvalue weighted by Crippen LogP contribution is -2.76. The van der Waals surface area contributed by atoms with Gasteiger partial charge in [-0.3, -0.25) is 9.69 Å². The Hall–Kier alpha value is -0.950. The number of hydrogen-bond donors (Lipinski definition) is 3. The van der Waals surface area contributed by atoms with Gasteiger partial charge in [-0.2, -0.15) is 0 Å². The maximum Gasteiger partial charge on any atom is 0.302 e. The molecule has 9 rings (SSSR count). The number of fused-ring (bicyclic) bond motifs is 1. The Morgan fingerprint density at radius 2 is 2.00 bits per heavy atom. The molecule has 6 saturated carbocycles. The number of nitrogens with zero attached hydrogens (tertiary/aromatic N) is 1. The molecule has 6 aliphatic carbocycles. The van der Waals surface area contributed by atoms with Crippen LogP contribution in [0.4, 0.5) is 0 Å². The van der Waals surface area contributed by atoms with E-state index in [4.69, 9.17) is 4.74 Å². The van der Waals surface area contributed by atoms with Gasteiger partial charge in [0.2, 0.25) is 0 Å². The van der Waals surface area contributed by atoms with Gasteiger partial charge in [0, 0.05) is 48.2 Å². The van der Waals surface area contributed by atoms with Crippen molar-refractivity contribution >= 4 is 5.97 Å². The molecule has 9 fully saturated rings. The number of aliphatic hydroxyl groups excluding tert-OH is 2. The fourth-order valence-corrected chi connectivity index (χ4v) is 11.0. The van der Waals surface area contributed by atoms with Crippen molar-refractivity contribution < 1.29 is 24.9 Å². The fraction of sp³-hybridized carbons (Fsp3) is 0.864. The molecule has 3 N–H and O–H groups in total. The van der Waals surface area contributed by atoms with Gasteiger partial charge < -0.3 is 20.1 Å².